The number of anilines is 1. The molecule has 1 N–H and O–H groups in total. The zero-order valence-corrected chi connectivity index (χ0v) is 12.6. The number of ether oxygens (including phenoxy) is 2. The van der Waals surface area contributed by atoms with Gasteiger partial charge in [0.1, 0.15) is 0 Å². The third-order valence-electron chi connectivity index (χ3n) is 3.59. The van der Waals surface area contributed by atoms with Crippen molar-refractivity contribution in [1.29, 1.82) is 0 Å². The van der Waals surface area contributed by atoms with E-state index < -0.39 is 0 Å². The van der Waals surface area contributed by atoms with Crippen LogP contribution in [-0.4, -0.2) is 19.8 Å². The molecule has 1 aromatic carbocycles. The second-order valence-electron chi connectivity index (χ2n) is 5.24. The number of hydrogen-bond donors (Lipinski definition) is 1. The summed E-state index contributed by atoms with van der Waals surface area (Å²) in [5.41, 5.74) is 3.50. The van der Waals surface area contributed by atoms with Gasteiger partial charge in [0.15, 0.2) is 6.29 Å². The van der Waals surface area contributed by atoms with Crippen LogP contribution in [0.15, 0.2) is 72.4 Å². The SMILES string of the molecule is C(=CCNc1ccc(C2OCCO2)cc1)C=C1C=CC=CC1. The van der Waals surface area contributed by atoms with Crippen molar-refractivity contribution in [3.8, 4) is 0 Å². The predicted molar refractivity (Wildman–Crippen MR) is 89.7 cm³/mol. The fourth-order valence-electron chi connectivity index (χ4n) is 2.40. The number of hydrogen-bond acceptors (Lipinski definition) is 3. The second-order valence-corrected chi connectivity index (χ2v) is 5.24. The van der Waals surface area contributed by atoms with Gasteiger partial charge in [-0.15, -0.1) is 0 Å². The molecule has 1 saturated heterocycles. The van der Waals surface area contributed by atoms with Crippen molar-refractivity contribution in [2.75, 3.05) is 25.1 Å². The Balaban J connectivity index is 1.45. The summed E-state index contributed by atoms with van der Waals surface area (Å²) >= 11 is 0. The minimum Gasteiger partial charge on any atom is -0.382 e. The molecule has 0 aromatic heterocycles. The van der Waals surface area contributed by atoms with Gasteiger partial charge in [-0.1, -0.05) is 54.7 Å². The smallest absolute Gasteiger partial charge is 0.184 e. The zero-order chi connectivity index (χ0) is 15.0. The van der Waals surface area contributed by atoms with E-state index in [9.17, 15) is 0 Å². The summed E-state index contributed by atoms with van der Waals surface area (Å²) in [5.74, 6) is 0. The molecule has 3 heteroatoms. The Morgan fingerprint density at radius 2 is 1.91 bits per heavy atom. The van der Waals surface area contributed by atoms with Gasteiger partial charge in [0.05, 0.1) is 13.2 Å². The molecule has 0 unspecified atom stereocenters. The van der Waals surface area contributed by atoms with Crippen molar-refractivity contribution in [2.24, 2.45) is 0 Å². The second kappa shape index (κ2) is 7.78. The first-order valence-electron chi connectivity index (χ1n) is 7.68. The lowest BCUT2D eigenvalue weighted by Crippen LogP contribution is -2.00. The van der Waals surface area contributed by atoms with Crippen LogP contribution in [0.4, 0.5) is 5.69 Å². The van der Waals surface area contributed by atoms with E-state index in [0.717, 1.165) is 24.2 Å². The van der Waals surface area contributed by atoms with Crippen molar-refractivity contribution < 1.29 is 9.47 Å². The van der Waals surface area contributed by atoms with Crippen molar-refractivity contribution in [2.45, 2.75) is 12.7 Å². The molecule has 0 amide bonds. The van der Waals surface area contributed by atoms with Crippen LogP contribution < -0.4 is 5.32 Å². The normalized spacial score (nSPS) is 20.3. The number of nitrogens with one attached hydrogen (secondary N) is 1. The molecule has 3 nitrogen and oxygen atoms in total. The molecule has 0 spiro atoms. The monoisotopic (exact) mass is 295 g/mol. The highest BCUT2D eigenvalue weighted by Gasteiger charge is 2.17. The number of rotatable bonds is 5. The average molecular weight is 295 g/mol. The van der Waals surface area contributed by atoms with Crippen LogP contribution in [0.25, 0.3) is 0 Å². The molecular formula is C19H21NO2. The third kappa shape index (κ3) is 4.20. The summed E-state index contributed by atoms with van der Waals surface area (Å²) in [6.07, 6.45) is 15.6. The summed E-state index contributed by atoms with van der Waals surface area (Å²) < 4.78 is 11.0. The van der Waals surface area contributed by atoms with Crippen LogP contribution in [0.3, 0.4) is 0 Å². The zero-order valence-electron chi connectivity index (χ0n) is 12.6. The molecule has 1 aliphatic carbocycles. The molecule has 0 radical (unpaired) electrons. The minimum absolute atomic E-state index is 0.196. The summed E-state index contributed by atoms with van der Waals surface area (Å²) in [6.45, 7) is 2.16. The maximum atomic E-state index is 5.48. The lowest BCUT2D eigenvalue weighted by atomic mass is 10.1. The molecule has 1 fully saturated rings. The van der Waals surface area contributed by atoms with Crippen LogP contribution in [0.5, 0.6) is 0 Å². The molecule has 0 bridgehead atoms. The molecule has 1 aliphatic heterocycles. The first-order chi connectivity index (χ1) is 10.9. The Kier molecular flexibility index (Phi) is 5.24. The van der Waals surface area contributed by atoms with Crippen LogP contribution in [0.1, 0.15) is 18.3 Å². The fraction of sp³-hybridized carbons (Fsp3) is 0.263. The summed E-state index contributed by atoms with van der Waals surface area (Å²) in [7, 11) is 0. The maximum Gasteiger partial charge on any atom is 0.184 e. The molecule has 0 atom stereocenters. The summed E-state index contributed by atoms with van der Waals surface area (Å²) in [5, 5.41) is 3.37. The van der Waals surface area contributed by atoms with E-state index in [4.69, 9.17) is 9.47 Å². The van der Waals surface area contributed by atoms with Crippen molar-refractivity contribution in [3.63, 3.8) is 0 Å². The van der Waals surface area contributed by atoms with Crippen molar-refractivity contribution >= 4 is 5.69 Å². The van der Waals surface area contributed by atoms with Gasteiger partial charge >= 0.3 is 0 Å². The van der Waals surface area contributed by atoms with Crippen LogP contribution >= 0.6 is 0 Å². The largest absolute Gasteiger partial charge is 0.382 e. The molecule has 1 heterocycles. The van der Waals surface area contributed by atoms with Crippen LogP contribution in [-0.2, 0) is 9.47 Å². The third-order valence-corrected chi connectivity index (χ3v) is 3.59. The predicted octanol–water partition coefficient (Wildman–Crippen LogP) is 4.14. The van der Waals surface area contributed by atoms with Gasteiger partial charge in [0.2, 0.25) is 0 Å². The van der Waals surface area contributed by atoms with Gasteiger partial charge in [-0.05, 0) is 24.1 Å². The molecular weight excluding hydrogens is 274 g/mol. The van der Waals surface area contributed by atoms with Gasteiger partial charge in [0, 0.05) is 17.8 Å². The van der Waals surface area contributed by atoms with E-state index in [-0.39, 0.29) is 6.29 Å². The molecule has 2 aliphatic rings. The lowest BCUT2D eigenvalue weighted by Gasteiger charge is -2.10. The first kappa shape index (κ1) is 14.8. The molecule has 1 aromatic rings. The summed E-state index contributed by atoms with van der Waals surface area (Å²) in [4.78, 5) is 0. The highest BCUT2D eigenvalue weighted by Crippen LogP contribution is 2.24. The number of benzene rings is 1. The van der Waals surface area contributed by atoms with E-state index in [0.29, 0.717) is 13.2 Å². The van der Waals surface area contributed by atoms with E-state index in [1.54, 1.807) is 0 Å². The van der Waals surface area contributed by atoms with E-state index in [1.807, 2.05) is 12.1 Å². The standard InChI is InChI=1S/C19H21NO2/c1-2-6-16(7-3-1)8-4-5-13-20-18-11-9-17(10-12-18)19-21-14-15-22-19/h1-6,8-12,19-20H,7,13-15H2. The summed E-state index contributed by atoms with van der Waals surface area (Å²) in [6, 6.07) is 8.20. The Morgan fingerprint density at radius 1 is 1.09 bits per heavy atom. The average Bonchev–Trinajstić information content (AvgIpc) is 3.11. The number of allylic oxidation sites excluding steroid dienone is 7. The highest BCUT2D eigenvalue weighted by atomic mass is 16.7. The Bertz CT molecular complexity index is 590. The van der Waals surface area contributed by atoms with Crippen molar-refractivity contribution in [3.05, 3.63) is 77.9 Å². The molecule has 114 valence electrons. The molecule has 3 rings (SSSR count). The Morgan fingerprint density at radius 3 is 2.64 bits per heavy atom. The topological polar surface area (TPSA) is 30.5 Å². The van der Waals surface area contributed by atoms with Gasteiger partial charge in [-0.3, -0.25) is 0 Å². The van der Waals surface area contributed by atoms with E-state index in [2.05, 4.69) is 60.0 Å². The lowest BCUT2D eigenvalue weighted by molar-refractivity contribution is -0.0441. The van der Waals surface area contributed by atoms with Gasteiger partial charge in [0.25, 0.3) is 0 Å². The first-order valence-corrected chi connectivity index (χ1v) is 7.68. The van der Waals surface area contributed by atoms with Gasteiger partial charge in [-0.25, -0.2) is 0 Å². The maximum absolute atomic E-state index is 5.48. The minimum atomic E-state index is -0.196. The molecule has 22 heavy (non-hydrogen) atoms. The highest BCUT2D eigenvalue weighted by molar-refractivity contribution is 5.45. The van der Waals surface area contributed by atoms with Gasteiger partial charge in [-0.2, -0.15) is 0 Å². The van der Waals surface area contributed by atoms with E-state index >= 15 is 0 Å². The Hall–Kier alpha value is -2.10. The Labute approximate surface area is 131 Å². The van der Waals surface area contributed by atoms with Crippen molar-refractivity contribution in [1.82, 2.24) is 0 Å². The fourth-order valence-corrected chi connectivity index (χ4v) is 2.40. The van der Waals surface area contributed by atoms with Crippen LogP contribution in [0, 0.1) is 0 Å². The van der Waals surface area contributed by atoms with E-state index in [1.165, 1.54) is 5.57 Å². The quantitative estimate of drug-likeness (QED) is 0.885. The molecule has 0 saturated carbocycles. The van der Waals surface area contributed by atoms with Crippen LogP contribution in [0.2, 0.25) is 0 Å². The van der Waals surface area contributed by atoms with Gasteiger partial charge < -0.3 is 14.8 Å².